The number of nitrogens with one attached hydrogen (secondary N) is 1. The topological polar surface area (TPSA) is 51.1 Å². The van der Waals surface area contributed by atoms with Gasteiger partial charge in [-0.3, -0.25) is 14.5 Å². The number of hydrogen-bond donors (Lipinski definition) is 1. The molecular formula is C19H21N2O3+. The molecule has 0 saturated heterocycles. The summed E-state index contributed by atoms with van der Waals surface area (Å²) in [6, 6.07) is 14.9. The molecule has 0 bridgehead atoms. The summed E-state index contributed by atoms with van der Waals surface area (Å²) < 4.78 is 5.16. The van der Waals surface area contributed by atoms with E-state index in [1.807, 2.05) is 24.3 Å². The number of hydrogen-bond acceptors (Lipinski definition) is 3. The van der Waals surface area contributed by atoms with Crippen molar-refractivity contribution in [3.63, 3.8) is 0 Å². The Kier molecular flexibility index (Phi) is 4.62. The molecule has 0 aromatic heterocycles. The fourth-order valence-corrected chi connectivity index (χ4v) is 2.93. The van der Waals surface area contributed by atoms with E-state index in [1.54, 1.807) is 31.4 Å². The molecule has 5 heteroatoms. The Bertz CT molecular complexity index is 720. The number of likely N-dealkylation sites (N-methyl/N-ethyl adjacent to an activating group) is 1. The van der Waals surface area contributed by atoms with Crippen LogP contribution >= 0.6 is 0 Å². The van der Waals surface area contributed by atoms with Crippen LogP contribution in [0.2, 0.25) is 0 Å². The lowest BCUT2D eigenvalue weighted by Gasteiger charge is -2.18. The summed E-state index contributed by atoms with van der Waals surface area (Å²) in [7, 11) is 3.71. The minimum atomic E-state index is -0.187. The number of benzene rings is 2. The van der Waals surface area contributed by atoms with Crippen LogP contribution in [-0.2, 0) is 6.54 Å². The summed E-state index contributed by atoms with van der Waals surface area (Å²) >= 11 is 0. The Labute approximate surface area is 141 Å². The van der Waals surface area contributed by atoms with E-state index in [0.29, 0.717) is 24.2 Å². The highest BCUT2D eigenvalue weighted by atomic mass is 16.5. The van der Waals surface area contributed by atoms with Gasteiger partial charge >= 0.3 is 0 Å². The molecule has 1 unspecified atom stereocenters. The van der Waals surface area contributed by atoms with Gasteiger partial charge in [0.25, 0.3) is 11.8 Å². The van der Waals surface area contributed by atoms with E-state index in [1.165, 1.54) is 15.4 Å². The minimum Gasteiger partial charge on any atom is -0.497 e. The Balaban J connectivity index is 1.58. The lowest BCUT2D eigenvalue weighted by Crippen LogP contribution is -3.08. The van der Waals surface area contributed by atoms with Gasteiger partial charge in [-0.1, -0.05) is 12.1 Å². The molecular weight excluding hydrogens is 304 g/mol. The first kappa shape index (κ1) is 16.2. The molecule has 0 spiro atoms. The molecule has 1 heterocycles. The average Bonchev–Trinajstić information content (AvgIpc) is 2.85. The minimum absolute atomic E-state index is 0.187. The van der Waals surface area contributed by atoms with E-state index >= 15 is 0 Å². The molecule has 0 fully saturated rings. The van der Waals surface area contributed by atoms with Crippen molar-refractivity contribution < 1.29 is 19.2 Å². The van der Waals surface area contributed by atoms with E-state index < -0.39 is 0 Å². The van der Waals surface area contributed by atoms with Crippen molar-refractivity contribution in [2.24, 2.45) is 0 Å². The summed E-state index contributed by atoms with van der Waals surface area (Å²) in [5.74, 6) is 0.461. The number of ether oxygens (including phenoxy) is 1. The number of carbonyl (C=O) groups is 2. The van der Waals surface area contributed by atoms with Gasteiger partial charge in [-0.25, -0.2) is 0 Å². The van der Waals surface area contributed by atoms with Crippen molar-refractivity contribution in [3.05, 3.63) is 65.2 Å². The van der Waals surface area contributed by atoms with Gasteiger partial charge in [0.05, 0.1) is 38.4 Å². The van der Waals surface area contributed by atoms with E-state index in [2.05, 4.69) is 7.05 Å². The van der Waals surface area contributed by atoms with Crippen LogP contribution in [0.15, 0.2) is 48.5 Å². The first-order valence-electron chi connectivity index (χ1n) is 7.99. The van der Waals surface area contributed by atoms with Crippen molar-refractivity contribution in [2.75, 3.05) is 27.2 Å². The molecule has 0 aliphatic carbocycles. The number of fused-ring (bicyclic) bond motifs is 1. The van der Waals surface area contributed by atoms with E-state index in [-0.39, 0.29) is 11.8 Å². The zero-order valence-corrected chi connectivity index (χ0v) is 13.9. The zero-order valence-electron chi connectivity index (χ0n) is 13.9. The highest BCUT2D eigenvalue weighted by Gasteiger charge is 2.35. The molecule has 124 valence electrons. The summed E-state index contributed by atoms with van der Waals surface area (Å²) in [6.45, 7) is 1.96. The normalized spacial score (nSPS) is 14.7. The maximum absolute atomic E-state index is 12.3. The molecule has 3 rings (SSSR count). The fourth-order valence-electron chi connectivity index (χ4n) is 2.93. The predicted molar refractivity (Wildman–Crippen MR) is 90.3 cm³/mol. The lowest BCUT2D eigenvalue weighted by atomic mass is 10.1. The quantitative estimate of drug-likeness (QED) is 0.807. The monoisotopic (exact) mass is 325 g/mol. The molecule has 2 aromatic carbocycles. The van der Waals surface area contributed by atoms with Crippen molar-refractivity contribution in [1.29, 1.82) is 0 Å². The van der Waals surface area contributed by atoms with Crippen LogP contribution in [-0.4, -0.2) is 44.0 Å². The number of rotatable bonds is 6. The third-order valence-corrected chi connectivity index (χ3v) is 4.31. The van der Waals surface area contributed by atoms with Gasteiger partial charge in [-0.15, -0.1) is 0 Å². The Morgan fingerprint density at radius 3 is 2.08 bits per heavy atom. The van der Waals surface area contributed by atoms with Gasteiger partial charge in [-0.05, 0) is 36.4 Å². The van der Waals surface area contributed by atoms with E-state index in [4.69, 9.17) is 4.74 Å². The first-order valence-corrected chi connectivity index (χ1v) is 7.99. The molecule has 2 aromatic rings. The molecule has 1 aliphatic heterocycles. The number of imide groups is 1. The van der Waals surface area contributed by atoms with E-state index in [9.17, 15) is 9.59 Å². The largest absolute Gasteiger partial charge is 0.497 e. The molecule has 1 aliphatic rings. The van der Waals surface area contributed by atoms with Crippen molar-refractivity contribution in [3.8, 4) is 5.75 Å². The summed E-state index contributed by atoms with van der Waals surface area (Å²) in [5, 5.41) is 0. The molecule has 24 heavy (non-hydrogen) atoms. The highest BCUT2D eigenvalue weighted by molar-refractivity contribution is 6.21. The van der Waals surface area contributed by atoms with Crippen LogP contribution in [0.4, 0.5) is 0 Å². The number of amides is 2. The molecule has 1 N–H and O–H groups in total. The maximum atomic E-state index is 12.3. The average molecular weight is 325 g/mol. The molecule has 0 saturated carbocycles. The van der Waals surface area contributed by atoms with Crippen LogP contribution in [0.3, 0.4) is 0 Å². The number of carbonyl (C=O) groups excluding carboxylic acids is 2. The fraction of sp³-hybridized carbons (Fsp3) is 0.263. The Morgan fingerprint density at radius 2 is 1.54 bits per heavy atom. The van der Waals surface area contributed by atoms with Gasteiger partial charge in [0, 0.05) is 5.56 Å². The first-order chi connectivity index (χ1) is 11.6. The van der Waals surface area contributed by atoms with E-state index in [0.717, 1.165) is 12.3 Å². The number of methoxy groups -OCH3 is 1. The maximum Gasteiger partial charge on any atom is 0.261 e. The third kappa shape index (κ3) is 3.16. The summed E-state index contributed by atoms with van der Waals surface area (Å²) in [4.78, 5) is 27.2. The smallest absolute Gasteiger partial charge is 0.261 e. The van der Waals surface area contributed by atoms with Crippen molar-refractivity contribution >= 4 is 11.8 Å². The standard InChI is InChI=1S/C19H20N2O3/c1-20(13-14-7-9-15(24-2)10-8-14)11-12-21-18(22)16-5-3-4-6-17(16)19(21)23/h3-10H,11-13H2,1-2H3/p+1. The lowest BCUT2D eigenvalue weighted by molar-refractivity contribution is -0.892. The second-order valence-electron chi connectivity index (χ2n) is 6.04. The van der Waals surface area contributed by atoms with Crippen LogP contribution in [0.25, 0.3) is 0 Å². The molecule has 0 radical (unpaired) electrons. The second kappa shape index (κ2) is 6.84. The van der Waals surface area contributed by atoms with Crippen LogP contribution in [0.5, 0.6) is 5.75 Å². The predicted octanol–water partition coefficient (Wildman–Crippen LogP) is 1.01. The zero-order chi connectivity index (χ0) is 17.1. The Morgan fingerprint density at radius 1 is 0.958 bits per heavy atom. The van der Waals surface area contributed by atoms with Crippen LogP contribution < -0.4 is 9.64 Å². The third-order valence-electron chi connectivity index (χ3n) is 4.31. The molecule has 1 atom stereocenters. The highest BCUT2D eigenvalue weighted by Crippen LogP contribution is 2.21. The summed E-state index contributed by atoms with van der Waals surface area (Å²) in [5.41, 5.74) is 2.21. The molecule has 2 amide bonds. The SMILES string of the molecule is COc1ccc(C[NH+](C)CCN2C(=O)c3ccccc3C2=O)cc1. The number of quaternary nitrogens is 1. The summed E-state index contributed by atoms with van der Waals surface area (Å²) in [6.07, 6.45) is 0. The van der Waals surface area contributed by atoms with Crippen LogP contribution in [0, 0.1) is 0 Å². The second-order valence-corrected chi connectivity index (χ2v) is 6.04. The van der Waals surface area contributed by atoms with Gasteiger partial charge in [-0.2, -0.15) is 0 Å². The number of nitrogens with zero attached hydrogens (tertiary/aromatic N) is 1. The van der Waals surface area contributed by atoms with Gasteiger partial charge in [0.2, 0.25) is 0 Å². The molecule has 5 nitrogen and oxygen atoms in total. The van der Waals surface area contributed by atoms with Gasteiger partial charge < -0.3 is 9.64 Å². The van der Waals surface area contributed by atoms with Crippen LogP contribution in [0.1, 0.15) is 26.3 Å². The van der Waals surface area contributed by atoms with Gasteiger partial charge in [0.1, 0.15) is 12.3 Å². The van der Waals surface area contributed by atoms with Gasteiger partial charge in [0.15, 0.2) is 0 Å². The van der Waals surface area contributed by atoms with Crippen molar-refractivity contribution in [2.45, 2.75) is 6.54 Å². The Hall–Kier alpha value is -2.66. The van der Waals surface area contributed by atoms with Crippen molar-refractivity contribution in [1.82, 2.24) is 4.90 Å².